The molecule has 1 atom stereocenters. The monoisotopic (exact) mass is 274 g/mol. The third kappa shape index (κ3) is 2.66. The lowest BCUT2D eigenvalue weighted by atomic mass is 10.0. The van der Waals surface area contributed by atoms with E-state index in [9.17, 15) is 8.78 Å². The van der Waals surface area contributed by atoms with E-state index in [0.29, 0.717) is 12.0 Å². The van der Waals surface area contributed by atoms with Crippen molar-refractivity contribution in [3.05, 3.63) is 34.4 Å². The molecule has 0 saturated carbocycles. The maximum Gasteiger partial charge on any atom is 0.142 e. The first-order valence-electron chi connectivity index (χ1n) is 6.23. The second-order valence-electron chi connectivity index (χ2n) is 4.47. The molecule has 2 nitrogen and oxygen atoms in total. The van der Waals surface area contributed by atoms with Gasteiger partial charge in [-0.1, -0.05) is 18.5 Å². The molecular weight excluding hydrogens is 258 g/mol. The smallest absolute Gasteiger partial charge is 0.142 e. The van der Waals surface area contributed by atoms with Crippen LogP contribution < -0.4 is 5.32 Å². The number of hydrogen-bond acceptors (Lipinski definition) is 2. The standard InChI is InChI=1S/C13H17ClF2N2/c1-2-11(18-7-5-17-6-8-18)12-9(15)3-4-10(16)13(12)14/h3-4,11,17H,2,5-8H2,1H3/t11-/m1/s1. The summed E-state index contributed by atoms with van der Waals surface area (Å²) in [5.41, 5.74) is 0.293. The molecule has 18 heavy (non-hydrogen) atoms. The zero-order valence-corrected chi connectivity index (χ0v) is 11.1. The molecule has 1 aliphatic rings. The van der Waals surface area contributed by atoms with Gasteiger partial charge in [0, 0.05) is 37.8 Å². The van der Waals surface area contributed by atoms with Crippen molar-refractivity contribution in [2.75, 3.05) is 26.2 Å². The first kappa shape index (κ1) is 13.7. The molecule has 0 spiro atoms. The number of benzene rings is 1. The second-order valence-corrected chi connectivity index (χ2v) is 4.84. The van der Waals surface area contributed by atoms with Crippen molar-refractivity contribution in [2.45, 2.75) is 19.4 Å². The Morgan fingerprint density at radius 2 is 1.89 bits per heavy atom. The molecular formula is C13H17ClF2N2. The molecule has 1 aromatic carbocycles. The topological polar surface area (TPSA) is 15.3 Å². The minimum Gasteiger partial charge on any atom is -0.314 e. The van der Waals surface area contributed by atoms with Crippen LogP contribution in [-0.2, 0) is 0 Å². The second kappa shape index (κ2) is 5.95. The van der Waals surface area contributed by atoms with Gasteiger partial charge >= 0.3 is 0 Å². The van der Waals surface area contributed by atoms with Crippen LogP contribution in [0.2, 0.25) is 5.02 Å². The van der Waals surface area contributed by atoms with Gasteiger partial charge in [-0.05, 0) is 18.6 Å². The minimum atomic E-state index is -0.554. The van der Waals surface area contributed by atoms with Crippen LogP contribution in [-0.4, -0.2) is 31.1 Å². The van der Waals surface area contributed by atoms with Crippen LogP contribution in [0, 0.1) is 11.6 Å². The predicted molar refractivity (Wildman–Crippen MR) is 68.8 cm³/mol. The number of nitrogens with zero attached hydrogens (tertiary/aromatic N) is 1. The Hall–Kier alpha value is -0.710. The molecule has 100 valence electrons. The van der Waals surface area contributed by atoms with E-state index in [-0.39, 0.29) is 11.1 Å². The van der Waals surface area contributed by atoms with E-state index in [2.05, 4.69) is 10.2 Å². The molecule has 1 fully saturated rings. The van der Waals surface area contributed by atoms with E-state index >= 15 is 0 Å². The molecule has 0 bridgehead atoms. The summed E-state index contributed by atoms with van der Waals surface area (Å²) in [4.78, 5) is 2.15. The Balaban J connectivity index is 2.34. The van der Waals surface area contributed by atoms with Crippen molar-refractivity contribution in [3.63, 3.8) is 0 Å². The van der Waals surface area contributed by atoms with E-state index in [1.165, 1.54) is 0 Å². The van der Waals surface area contributed by atoms with Crippen LogP contribution in [0.1, 0.15) is 24.9 Å². The van der Waals surface area contributed by atoms with E-state index in [4.69, 9.17) is 11.6 Å². The average molecular weight is 275 g/mol. The van der Waals surface area contributed by atoms with Crippen molar-refractivity contribution in [1.29, 1.82) is 0 Å². The van der Waals surface area contributed by atoms with Gasteiger partial charge in [0.2, 0.25) is 0 Å². The van der Waals surface area contributed by atoms with Gasteiger partial charge in [-0.15, -0.1) is 0 Å². The summed E-state index contributed by atoms with van der Waals surface area (Å²) in [5, 5.41) is 3.16. The van der Waals surface area contributed by atoms with Crippen LogP contribution in [0.5, 0.6) is 0 Å². The van der Waals surface area contributed by atoms with Gasteiger partial charge in [-0.2, -0.15) is 0 Å². The lowest BCUT2D eigenvalue weighted by Crippen LogP contribution is -2.45. The summed E-state index contributed by atoms with van der Waals surface area (Å²) in [6.07, 6.45) is 0.708. The Morgan fingerprint density at radius 1 is 1.28 bits per heavy atom. The molecule has 0 aliphatic carbocycles. The Morgan fingerprint density at radius 3 is 2.50 bits per heavy atom. The fraction of sp³-hybridized carbons (Fsp3) is 0.538. The summed E-state index contributed by atoms with van der Waals surface area (Å²) < 4.78 is 27.4. The third-order valence-corrected chi connectivity index (χ3v) is 3.78. The summed E-state index contributed by atoms with van der Waals surface area (Å²) in [6.45, 7) is 5.35. The number of piperazine rings is 1. The fourth-order valence-corrected chi connectivity index (χ4v) is 2.77. The molecule has 1 aliphatic heterocycles. The number of nitrogens with one attached hydrogen (secondary N) is 1. The molecule has 1 saturated heterocycles. The lowest BCUT2D eigenvalue weighted by Gasteiger charge is -2.35. The average Bonchev–Trinajstić information content (AvgIpc) is 2.40. The van der Waals surface area contributed by atoms with E-state index < -0.39 is 11.6 Å². The SMILES string of the molecule is CC[C@H](c1c(F)ccc(F)c1Cl)N1CCNCC1. The van der Waals surface area contributed by atoms with Crippen LogP contribution >= 0.6 is 11.6 Å². The van der Waals surface area contributed by atoms with Crippen LogP contribution in [0.3, 0.4) is 0 Å². The summed E-state index contributed by atoms with van der Waals surface area (Å²) >= 11 is 5.93. The summed E-state index contributed by atoms with van der Waals surface area (Å²) in [7, 11) is 0. The van der Waals surface area contributed by atoms with Crippen LogP contribution in [0.4, 0.5) is 8.78 Å². The minimum absolute atomic E-state index is 0.0830. The highest BCUT2D eigenvalue weighted by Gasteiger charge is 2.26. The highest BCUT2D eigenvalue weighted by Crippen LogP contribution is 2.34. The molecule has 0 aromatic heterocycles. The van der Waals surface area contributed by atoms with Gasteiger partial charge in [0.1, 0.15) is 11.6 Å². The highest BCUT2D eigenvalue weighted by molar-refractivity contribution is 6.31. The van der Waals surface area contributed by atoms with Crippen LogP contribution in [0.15, 0.2) is 12.1 Å². The van der Waals surface area contributed by atoms with Gasteiger partial charge < -0.3 is 5.32 Å². The maximum atomic E-state index is 13.9. The highest BCUT2D eigenvalue weighted by atomic mass is 35.5. The Labute approximate surface area is 111 Å². The van der Waals surface area contributed by atoms with Gasteiger partial charge in [0.15, 0.2) is 0 Å². The molecule has 2 rings (SSSR count). The molecule has 1 N–H and O–H groups in total. The number of hydrogen-bond donors (Lipinski definition) is 1. The predicted octanol–water partition coefficient (Wildman–Crippen LogP) is 2.97. The van der Waals surface area contributed by atoms with Gasteiger partial charge in [-0.3, -0.25) is 4.90 Å². The molecule has 5 heteroatoms. The van der Waals surface area contributed by atoms with E-state index in [1.54, 1.807) is 0 Å². The molecule has 1 aromatic rings. The lowest BCUT2D eigenvalue weighted by molar-refractivity contribution is 0.166. The first-order valence-corrected chi connectivity index (χ1v) is 6.61. The Bertz CT molecular complexity index is 420. The summed E-state index contributed by atoms with van der Waals surface area (Å²) in [6, 6.07) is 2.07. The quantitative estimate of drug-likeness (QED) is 0.853. The molecule has 0 radical (unpaired) electrons. The molecule has 0 unspecified atom stereocenters. The normalized spacial score (nSPS) is 18.9. The van der Waals surface area contributed by atoms with E-state index in [1.807, 2.05) is 6.92 Å². The maximum absolute atomic E-state index is 13.9. The van der Waals surface area contributed by atoms with E-state index in [0.717, 1.165) is 38.3 Å². The van der Waals surface area contributed by atoms with Gasteiger partial charge in [-0.25, -0.2) is 8.78 Å². The largest absolute Gasteiger partial charge is 0.314 e. The van der Waals surface area contributed by atoms with Crippen molar-refractivity contribution in [3.8, 4) is 0 Å². The third-order valence-electron chi connectivity index (χ3n) is 3.39. The zero-order chi connectivity index (χ0) is 13.1. The number of rotatable bonds is 3. The summed E-state index contributed by atoms with van der Waals surface area (Å²) in [5.74, 6) is -0.978. The van der Waals surface area contributed by atoms with Crippen molar-refractivity contribution < 1.29 is 8.78 Å². The first-order chi connectivity index (χ1) is 8.65. The van der Waals surface area contributed by atoms with Crippen molar-refractivity contribution in [2.24, 2.45) is 0 Å². The molecule has 0 amide bonds. The van der Waals surface area contributed by atoms with Crippen LogP contribution in [0.25, 0.3) is 0 Å². The van der Waals surface area contributed by atoms with Gasteiger partial charge in [0.05, 0.1) is 5.02 Å². The zero-order valence-electron chi connectivity index (χ0n) is 10.3. The van der Waals surface area contributed by atoms with Crippen molar-refractivity contribution >= 4 is 11.6 Å². The van der Waals surface area contributed by atoms with Gasteiger partial charge in [0.25, 0.3) is 0 Å². The number of halogens is 3. The van der Waals surface area contributed by atoms with Crippen molar-refractivity contribution in [1.82, 2.24) is 10.2 Å². The Kier molecular flexibility index (Phi) is 4.54. The fourth-order valence-electron chi connectivity index (χ4n) is 2.49. The molecule has 1 heterocycles.